The second-order valence-electron chi connectivity index (χ2n) is 6.33. The first-order valence-corrected chi connectivity index (χ1v) is 8.51. The number of rotatable bonds is 6. The van der Waals surface area contributed by atoms with Gasteiger partial charge in [-0.05, 0) is 51.0 Å². The molecule has 0 unspecified atom stereocenters. The average molecular weight is 289 g/mol. The fourth-order valence-electron chi connectivity index (χ4n) is 3.02. The maximum atomic E-state index is 4.73. The van der Waals surface area contributed by atoms with Gasteiger partial charge in [0.1, 0.15) is 0 Å². The SMILES string of the molecule is CCc1nnc(N2CCC(CNC3CC3)CC2)nc1CC. The Bertz CT molecular complexity index is 464. The smallest absolute Gasteiger partial charge is 0.245 e. The van der Waals surface area contributed by atoms with E-state index in [1.807, 2.05) is 0 Å². The average Bonchev–Trinajstić information content (AvgIpc) is 3.37. The molecule has 5 heteroatoms. The lowest BCUT2D eigenvalue weighted by molar-refractivity contribution is 0.379. The van der Waals surface area contributed by atoms with E-state index >= 15 is 0 Å². The second kappa shape index (κ2) is 6.69. The first-order chi connectivity index (χ1) is 10.3. The Labute approximate surface area is 127 Å². The molecule has 1 aliphatic heterocycles. The molecule has 1 N–H and O–H groups in total. The van der Waals surface area contributed by atoms with E-state index < -0.39 is 0 Å². The Morgan fingerprint density at radius 1 is 1.00 bits per heavy atom. The number of piperidine rings is 1. The normalized spacial score (nSPS) is 20.0. The highest BCUT2D eigenvalue weighted by atomic mass is 15.3. The molecule has 1 saturated heterocycles. The second-order valence-corrected chi connectivity index (χ2v) is 6.33. The van der Waals surface area contributed by atoms with Crippen LogP contribution in [-0.2, 0) is 12.8 Å². The van der Waals surface area contributed by atoms with Gasteiger partial charge in [-0.1, -0.05) is 13.8 Å². The highest BCUT2D eigenvalue weighted by Gasteiger charge is 2.25. The lowest BCUT2D eigenvalue weighted by atomic mass is 9.97. The van der Waals surface area contributed by atoms with Crippen molar-refractivity contribution < 1.29 is 0 Å². The highest BCUT2D eigenvalue weighted by molar-refractivity contribution is 5.31. The lowest BCUT2D eigenvalue weighted by Gasteiger charge is -2.32. The summed E-state index contributed by atoms with van der Waals surface area (Å²) in [6, 6.07) is 0.823. The van der Waals surface area contributed by atoms with E-state index in [2.05, 4.69) is 34.3 Å². The molecule has 1 aliphatic carbocycles. The van der Waals surface area contributed by atoms with E-state index in [9.17, 15) is 0 Å². The molecule has 2 aliphatic rings. The van der Waals surface area contributed by atoms with Crippen molar-refractivity contribution in [2.45, 2.75) is 58.4 Å². The molecule has 2 heterocycles. The van der Waals surface area contributed by atoms with Crippen molar-refractivity contribution in [2.75, 3.05) is 24.5 Å². The first kappa shape index (κ1) is 14.7. The number of anilines is 1. The summed E-state index contributed by atoms with van der Waals surface area (Å²) in [5, 5.41) is 12.4. The number of nitrogens with zero attached hydrogens (tertiary/aromatic N) is 4. The van der Waals surface area contributed by atoms with Crippen LogP contribution in [0.3, 0.4) is 0 Å². The van der Waals surface area contributed by atoms with Crippen LogP contribution in [0.15, 0.2) is 0 Å². The van der Waals surface area contributed by atoms with Crippen LogP contribution < -0.4 is 10.2 Å². The van der Waals surface area contributed by atoms with E-state index in [1.54, 1.807) is 0 Å². The Morgan fingerprint density at radius 2 is 1.71 bits per heavy atom. The minimum Gasteiger partial charge on any atom is -0.340 e. The van der Waals surface area contributed by atoms with Crippen LogP contribution >= 0.6 is 0 Å². The fourth-order valence-corrected chi connectivity index (χ4v) is 3.02. The van der Waals surface area contributed by atoms with Crippen LogP contribution in [0.5, 0.6) is 0 Å². The number of aromatic nitrogens is 3. The first-order valence-electron chi connectivity index (χ1n) is 8.51. The third-order valence-electron chi connectivity index (χ3n) is 4.67. The summed E-state index contributed by atoms with van der Waals surface area (Å²) in [6.45, 7) is 7.57. The van der Waals surface area contributed by atoms with Gasteiger partial charge in [0.2, 0.25) is 5.95 Å². The molecule has 0 radical (unpaired) electrons. The molecule has 5 nitrogen and oxygen atoms in total. The van der Waals surface area contributed by atoms with E-state index in [1.165, 1.54) is 32.2 Å². The Balaban J connectivity index is 1.55. The number of nitrogens with one attached hydrogen (secondary N) is 1. The molecule has 2 fully saturated rings. The molecule has 116 valence electrons. The lowest BCUT2D eigenvalue weighted by Crippen LogP contribution is -2.38. The topological polar surface area (TPSA) is 53.9 Å². The van der Waals surface area contributed by atoms with Crippen molar-refractivity contribution in [3.8, 4) is 0 Å². The fraction of sp³-hybridized carbons (Fsp3) is 0.812. The van der Waals surface area contributed by atoms with Gasteiger partial charge >= 0.3 is 0 Å². The van der Waals surface area contributed by atoms with Gasteiger partial charge < -0.3 is 10.2 Å². The number of aryl methyl sites for hydroxylation is 2. The van der Waals surface area contributed by atoms with Crippen LogP contribution in [0.1, 0.15) is 50.9 Å². The molecule has 0 bridgehead atoms. The van der Waals surface area contributed by atoms with Crippen LogP contribution in [0.4, 0.5) is 5.95 Å². The van der Waals surface area contributed by atoms with Crippen molar-refractivity contribution in [2.24, 2.45) is 5.92 Å². The predicted octanol–water partition coefficient (Wildman–Crippen LogP) is 1.96. The Kier molecular flexibility index (Phi) is 4.68. The summed E-state index contributed by atoms with van der Waals surface area (Å²) in [7, 11) is 0. The molecule has 0 amide bonds. The van der Waals surface area contributed by atoms with Gasteiger partial charge in [0.15, 0.2) is 0 Å². The van der Waals surface area contributed by atoms with Crippen molar-refractivity contribution in [3.63, 3.8) is 0 Å². The van der Waals surface area contributed by atoms with Gasteiger partial charge in [0.05, 0.1) is 11.4 Å². The van der Waals surface area contributed by atoms with Crippen molar-refractivity contribution >= 4 is 5.95 Å². The van der Waals surface area contributed by atoms with Crippen molar-refractivity contribution in [1.29, 1.82) is 0 Å². The van der Waals surface area contributed by atoms with Crippen LogP contribution in [0, 0.1) is 5.92 Å². The quantitative estimate of drug-likeness (QED) is 0.867. The molecule has 1 aromatic rings. The zero-order valence-electron chi connectivity index (χ0n) is 13.3. The summed E-state index contributed by atoms with van der Waals surface area (Å²) in [4.78, 5) is 7.04. The molecule has 0 aromatic carbocycles. The standard InChI is InChI=1S/C16H27N5/c1-3-14-15(4-2)19-20-16(18-14)21-9-7-12(8-10-21)11-17-13-5-6-13/h12-13,17H,3-11H2,1-2H3. The van der Waals surface area contributed by atoms with Gasteiger partial charge in [-0.3, -0.25) is 0 Å². The summed E-state index contributed by atoms with van der Waals surface area (Å²) in [5.41, 5.74) is 2.16. The Hall–Kier alpha value is -1.23. The van der Waals surface area contributed by atoms with E-state index in [0.29, 0.717) is 0 Å². The van der Waals surface area contributed by atoms with Crippen LogP contribution in [0.2, 0.25) is 0 Å². The van der Waals surface area contributed by atoms with Crippen LogP contribution in [-0.4, -0.2) is 40.9 Å². The highest BCUT2D eigenvalue weighted by Crippen LogP contribution is 2.23. The third kappa shape index (κ3) is 3.70. The van der Waals surface area contributed by atoms with Gasteiger partial charge in [0, 0.05) is 19.1 Å². The maximum Gasteiger partial charge on any atom is 0.245 e. The van der Waals surface area contributed by atoms with Gasteiger partial charge in [-0.25, -0.2) is 4.98 Å². The molecular weight excluding hydrogens is 262 g/mol. The molecule has 1 saturated carbocycles. The zero-order chi connectivity index (χ0) is 14.7. The number of hydrogen-bond acceptors (Lipinski definition) is 5. The summed E-state index contributed by atoms with van der Waals surface area (Å²) >= 11 is 0. The van der Waals surface area contributed by atoms with Crippen molar-refractivity contribution in [1.82, 2.24) is 20.5 Å². The van der Waals surface area contributed by atoms with Gasteiger partial charge in [0.25, 0.3) is 0 Å². The predicted molar refractivity (Wildman–Crippen MR) is 84.5 cm³/mol. The minimum absolute atomic E-state index is 0.815. The molecular formula is C16H27N5. The molecule has 0 atom stereocenters. The molecule has 3 rings (SSSR count). The third-order valence-corrected chi connectivity index (χ3v) is 4.67. The zero-order valence-corrected chi connectivity index (χ0v) is 13.3. The summed E-state index contributed by atoms with van der Waals surface area (Å²) in [5.74, 6) is 1.65. The summed E-state index contributed by atoms with van der Waals surface area (Å²) in [6.07, 6.45) is 7.08. The molecule has 1 aromatic heterocycles. The van der Waals surface area contributed by atoms with E-state index in [4.69, 9.17) is 4.98 Å². The maximum absolute atomic E-state index is 4.73. The largest absolute Gasteiger partial charge is 0.340 e. The van der Waals surface area contributed by atoms with E-state index in [-0.39, 0.29) is 0 Å². The Morgan fingerprint density at radius 3 is 2.33 bits per heavy atom. The van der Waals surface area contributed by atoms with Crippen molar-refractivity contribution in [3.05, 3.63) is 11.4 Å². The minimum atomic E-state index is 0.815. The monoisotopic (exact) mass is 289 g/mol. The van der Waals surface area contributed by atoms with Gasteiger partial charge in [-0.15, -0.1) is 5.10 Å². The van der Waals surface area contributed by atoms with Crippen LogP contribution in [0.25, 0.3) is 0 Å². The number of hydrogen-bond donors (Lipinski definition) is 1. The molecule has 0 spiro atoms. The van der Waals surface area contributed by atoms with Gasteiger partial charge in [-0.2, -0.15) is 5.10 Å². The van der Waals surface area contributed by atoms with E-state index in [0.717, 1.165) is 55.2 Å². The molecule has 21 heavy (non-hydrogen) atoms. The summed E-state index contributed by atoms with van der Waals surface area (Å²) < 4.78 is 0.